The van der Waals surface area contributed by atoms with Gasteiger partial charge in [0.05, 0.1) is 0 Å². The number of nitrogens with two attached hydrogens (primary N) is 1. The molecule has 0 heterocycles. The first-order valence-electron chi connectivity index (χ1n) is 8.82. The quantitative estimate of drug-likeness (QED) is 0.898. The molecule has 0 aromatic heterocycles. The van der Waals surface area contributed by atoms with Crippen molar-refractivity contribution < 1.29 is 9.53 Å². The van der Waals surface area contributed by atoms with E-state index in [1.54, 1.807) is 0 Å². The lowest BCUT2D eigenvalue weighted by molar-refractivity contribution is -0.129. The highest BCUT2D eigenvalue weighted by molar-refractivity contribution is 5.81. The molecule has 0 radical (unpaired) electrons. The number of ether oxygens (including phenoxy) is 1. The second-order valence-electron chi connectivity index (χ2n) is 7.29. The van der Waals surface area contributed by atoms with Crippen LogP contribution in [0.15, 0.2) is 24.3 Å². The highest BCUT2D eigenvalue weighted by Crippen LogP contribution is 2.39. The highest BCUT2D eigenvalue weighted by Gasteiger charge is 2.40. The summed E-state index contributed by atoms with van der Waals surface area (Å²) in [5.74, 6) is 1.81. The van der Waals surface area contributed by atoms with Gasteiger partial charge in [-0.15, -0.1) is 0 Å². The Hall–Kier alpha value is -1.55. The number of rotatable bonds is 4. The molecule has 23 heavy (non-hydrogen) atoms. The van der Waals surface area contributed by atoms with Crippen LogP contribution in [0.5, 0.6) is 5.75 Å². The number of fused-ring (bicyclic) bond motifs is 2. The van der Waals surface area contributed by atoms with Gasteiger partial charge in [-0.2, -0.15) is 0 Å². The van der Waals surface area contributed by atoms with Crippen LogP contribution in [0.25, 0.3) is 0 Å². The van der Waals surface area contributed by atoms with Gasteiger partial charge in [0, 0.05) is 12.1 Å². The third kappa shape index (κ3) is 3.86. The summed E-state index contributed by atoms with van der Waals surface area (Å²) in [4.78, 5) is 12.5. The molecule has 0 spiro atoms. The van der Waals surface area contributed by atoms with Gasteiger partial charge in [0.15, 0.2) is 6.10 Å². The second kappa shape index (κ2) is 6.91. The number of hydrogen-bond acceptors (Lipinski definition) is 3. The maximum Gasteiger partial charge on any atom is 0.261 e. The fourth-order valence-electron chi connectivity index (χ4n) is 4.25. The van der Waals surface area contributed by atoms with E-state index in [-0.39, 0.29) is 11.9 Å². The average molecular weight is 316 g/mol. The Morgan fingerprint density at radius 1 is 1.30 bits per heavy atom. The lowest BCUT2D eigenvalue weighted by Gasteiger charge is -2.45. The van der Waals surface area contributed by atoms with Crippen LogP contribution in [-0.2, 0) is 4.79 Å². The van der Waals surface area contributed by atoms with Gasteiger partial charge in [0.25, 0.3) is 5.91 Å². The number of hydrogen-bond donors (Lipinski definition) is 2. The van der Waals surface area contributed by atoms with Crippen molar-refractivity contribution in [3.63, 3.8) is 0 Å². The number of nitrogens with one attached hydrogen (secondary N) is 1. The SMILES string of the molecule is Cc1cccc(OC(C)C(=O)NC2C3CCCC2CC(N)C3)c1. The standard InChI is InChI=1S/C19H28N2O2/c1-12-5-3-8-17(9-12)23-13(2)19(22)21-18-14-6-4-7-15(18)11-16(20)10-14/h3,5,8-9,13-16,18H,4,6-7,10-11,20H2,1-2H3,(H,21,22). The smallest absolute Gasteiger partial charge is 0.261 e. The molecule has 4 heteroatoms. The number of carbonyl (C=O) groups is 1. The summed E-state index contributed by atoms with van der Waals surface area (Å²) in [6, 6.07) is 8.40. The van der Waals surface area contributed by atoms with Crippen LogP contribution in [0.1, 0.15) is 44.6 Å². The maximum absolute atomic E-state index is 12.5. The second-order valence-corrected chi connectivity index (χ2v) is 7.29. The summed E-state index contributed by atoms with van der Waals surface area (Å²) < 4.78 is 5.81. The van der Waals surface area contributed by atoms with Gasteiger partial charge in [0.2, 0.25) is 0 Å². The van der Waals surface area contributed by atoms with Crippen LogP contribution in [0.3, 0.4) is 0 Å². The highest BCUT2D eigenvalue weighted by atomic mass is 16.5. The molecule has 3 atom stereocenters. The maximum atomic E-state index is 12.5. The third-order valence-corrected chi connectivity index (χ3v) is 5.36. The van der Waals surface area contributed by atoms with Crippen LogP contribution in [0, 0.1) is 18.8 Å². The minimum absolute atomic E-state index is 0.0103. The predicted molar refractivity (Wildman–Crippen MR) is 91.2 cm³/mol. The number of aryl methyl sites for hydroxylation is 1. The van der Waals surface area contributed by atoms with Crippen LogP contribution >= 0.6 is 0 Å². The molecule has 1 amide bonds. The van der Waals surface area contributed by atoms with Gasteiger partial charge in [-0.1, -0.05) is 18.6 Å². The minimum Gasteiger partial charge on any atom is -0.481 e. The molecule has 2 aliphatic rings. The van der Waals surface area contributed by atoms with E-state index in [1.165, 1.54) is 19.3 Å². The fraction of sp³-hybridized carbons (Fsp3) is 0.632. The van der Waals surface area contributed by atoms with Gasteiger partial charge in [0.1, 0.15) is 5.75 Å². The first kappa shape index (κ1) is 16.3. The van der Waals surface area contributed by atoms with Crippen molar-refractivity contribution in [2.75, 3.05) is 0 Å². The Kier molecular flexibility index (Phi) is 4.90. The summed E-state index contributed by atoms with van der Waals surface area (Å²) in [5, 5.41) is 3.26. The average Bonchev–Trinajstić information content (AvgIpc) is 2.48. The number of amides is 1. The van der Waals surface area contributed by atoms with Crippen LogP contribution in [-0.4, -0.2) is 24.1 Å². The zero-order valence-corrected chi connectivity index (χ0v) is 14.1. The Morgan fingerprint density at radius 2 is 2.00 bits per heavy atom. The van der Waals surface area contributed by atoms with Gasteiger partial charge < -0.3 is 15.8 Å². The molecular formula is C19H28N2O2. The lowest BCUT2D eigenvalue weighted by Crippen LogP contribution is -2.55. The summed E-state index contributed by atoms with van der Waals surface area (Å²) >= 11 is 0. The molecule has 2 bridgehead atoms. The molecule has 2 aliphatic carbocycles. The van der Waals surface area contributed by atoms with Gasteiger partial charge in [-0.25, -0.2) is 0 Å². The number of carbonyl (C=O) groups excluding carboxylic acids is 1. The first-order valence-corrected chi connectivity index (χ1v) is 8.82. The molecule has 126 valence electrons. The zero-order chi connectivity index (χ0) is 16.4. The number of benzene rings is 1. The molecule has 2 fully saturated rings. The van der Waals surface area contributed by atoms with Crippen molar-refractivity contribution in [3.05, 3.63) is 29.8 Å². The van der Waals surface area contributed by atoms with E-state index in [0.717, 1.165) is 24.2 Å². The molecule has 3 rings (SSSR count). The monoisotopic (exact) mass is 316 g/mol. The first-order chi connectivity index (χ1) is 11.0. The van der Waals surface area contributed by atoms with E-state index >= 15 is 0 Å². The van der Waals surface area contributed by atoms with Crippen molar-refractivity contribution >= 4 is 5.91 Å². The molecule has 1 aromatic rings. The van der Waals surface area contributed by atoms with Crippen LogP contribution in [0.4, 0.5) is 0 Å². The molecule has 3 unspecified atom stereocenters. The lowest BCUT2D eigenvalue weighted by atomic mass is 9.67. The van der Waals surface area contributed by atoms with E-state index in [9.17, 15) is 4.79 Å². The summed E-state index contributed by atoms with van der Waals surface area (Å²) in [7, 11) is 0. The van der Waals surface area contributed by atoms with E-state index in [2.05, 4.69) is 5.32 Å². The molecule has 0 aliphatic heterocycles. The minimum atomic E-state index is -0.479. The van der Waals surface area contributed by atoms with E-state index < -0.39 is 6.10 Å². The Labute approximate surface area is 138 Å². The van der Waals surface area contributed by atoms with E-state index in [1.807, 2.05) is 38.1 Å². The van der Waals surface area contributed by atoms with Crippen molar-refractivity contribution in [3.8, 4) is 5.75 Å². The molecule has 4 nitrogen and oxygen atoms in total. The van der Waals surface area contributed by atoms with Crippen LogP contribution < -0.4 is 15.8 Å². The van der Waals surface area contributed by atoms with Gasteiger partial charge >= 0.3 is 0 Å². The summed E-state index contributed by atoms with van der Waals surface area (Å²) in [5.41, 5.74) is 7.29. The third-order valence-electron chi connectivity index (χ3n) is 5.36. The van der Waals surface area contributed by atoms with Crippen LogP contribution in [0.2, 0.25) is 0 Å². The molecule has 2 saturated carbocycles. The zero-order valence-electron chi connectivity index (χ0n) is 14.1. The van der Waals surface area contributed by atoms with Crippen molar-refractivity contribution in [1.82, 2.24) is 5.32 Å². The summed E-state index contributed by atoms with van der Waals surface area (Å²) in [6.07, 6.45) is 5.23. The van der Waals surface area contributed by atoms with E-state index in [0.29, 0.717) is 17.9 Å². The summed E-state index contributed by atoms with van der Waals surface area (Å²) in [6.45, 7) is 3.84. The molecule has 1 aromatic carbocycles. The van der Waals surface area contributed by atoms with Crippen molar-refractivity contribution in [1.29, 1.82) is 0 Å². The van der Waals surface area contributed by atoms with Gasteiger partial charge in [-0.3, -0.25) is 4.79 Å². The van der Waals surface area contributed by atoms with E-state index in [4.69, 9.17) is 10.5 Å². The topological polar surface area (TPSA) is 64.3 Å². The Balaban J connectivity index is 1.60. The normalized spacial score (nSPS) is 31.3. The van der Waals surface area contributed by atoms with Crippen molar-refractivity contribution in [2.24, 2.45) is 17.6 Å². The Morgan fingerprint density at radius 3 is 2.65 bits per heavy atom. The fourth-order valence-corrected chi connectivity index (χ4v) is 4.25. The Bertz CT molecular complexity index is 546. The van der Waals surface area contributed by atoms with Gasteiger partial charge in [-0.05, 0) is 69.1 Å². The molecule has 0 saturated heterocycles. The molecule has 3 N–H and O–H groups in total. The predicted octanol–water partition coefficient (Wildman–Crippen LogP) is 2.78. The molecular weight excluding hydrogens is 288 g/mol. The van der Waals surface area contributed by atoms with Crippen molar-refractivity contribution in [2.45, 2.75) is 64.1 Å². The largest absolute Gasteiger partial charge is 0.481 e.